The molecular formula is C28H28ClN5O. The van der Waals surface area contributed by atoms with Crippen LogP contribution in [0.15, 0.2) is 84.9 Å². The molecule has 0 saturated carbocycles. The van der Waals surface area contributed by atoms with Crippen molar-refractivity contribution in [2.24, 2.45) is 0 Å². The van der Waals surface area contributed by atoms with Gasteiger partial charge >= 0.3 is 0 Å². The first-order chi connectivity index (χ1) is 17.1. The van der Waals surface area contributed by atoms with Gasteiger partial charge in [0.05, 0.1) is 12.0 Å². The zero-order valence-corrected chi connectivity index (χ0v) is 20.3. The van der Waals surface area contributed by atoms with Crippen LogP contribution in [-0.2, 0) is 23.2 Å². The van der Waals surface area contributed by atoms with E-state index in [0.717, 1.165) is 24.8 Å². The van der Waals surface area contributed by atoms with E-state index in [9.17, 15) is 4.79 Å². The van der Waals surface area contributed by atoms with Crippen molar-refractivity contribution in [1.82, 2.24) is 25.1 Å². The average Bonchev–Trinajstić information content (AvgIpc) is 3.39. The van der Waals surface area contributed by atoms with Crippen LogP contribution in [0.1, 0.15) is 41.8 Å². The van der Waals surface area contributed by atoms with Crippen molar-refractivity contribution < 1.29 is 4.79 Å². The molecule has 0 spiro atoms. The van der Waals surface area contributed by atoms with E-state index < -0.39 is 0 Å². The Morgan fingerprint density at radius 3 is 2.20 bits per heavy atom. The molecule has 178 valence electrons. The molecule has 1 aliphatic heterocycles. The fourth-order valence-electron chi connectivity index (χ4n) is 4.85. The van der Waals surface area contributed by atoms with Crippen molar-refractivity contribution in [2.45, 2.75) is 37.6 Å². The number of carbonyl (C=O) groups excluding carboxylic acids is 1. The lowest BCUT2D eigenvalue weighted by atomic mass is 9.72. The second-order valence-electron chi connectivity index (χ2n) is 9.08. The summed E-state index contributed by atoms with van der Waals surface area (Å²) < 4.78 is 0. The minimum atomic E-state index is -0.365. The van der Waals surface area contributed by atoms with Crippen LogP contribution in [0.25, 0.3) is 0 Å². The number of tetrazole rings is 1. The number of hydrogen-bond acceptors (Lipinski definition) is 4. The van der Waals surface area contributed by atoms with Gasteiger partial charge in [0.25, 0.3) is 0 Å². The van der Waals surface area contributed by atoms with Crippen LogP contribution in [0.3, 0.4) is 0 Å². The lowest BCUT2D eigenvalue weighted by molar-refractivity contribution is -0.132. The SMILES string of the molecule is O=C(CCc1ccccc1)N1CCC(c2ccccc2)(c2nnn(Cc3ccc(Cl)cc3)n2)CC1. The minimum absolute atomic E-state index is 0.204. The standard InChI is InChI=1S/C28H28ClN5O/c29-25-14-11-23(12-15-25)21-34-31-27(30-32-34)28(24-9-5-2-6-10-24)17-19-33(20-18-28)26(35)16-13-22-7-3-1-4-8-22/h1-12,14-15H,13,16-21H2. The summed E-state index contributed by atoms with van der Waals surface area (Å²) >= 11 is 6.01. The Morgan fingerprint density at radius 2 is 1.51 bits per heavy atom. The topological polar surface area (TPSA) is 63.9 Å². The second kappa shape index (κ2) is 10.4. The zero-order chi connectivity index (χ0) is 24.1. The molecule has 1 saturated heterocycles. The van der Waals surface area contributed by atoms with Crippen LogP contribution >= 0.6 is 11.6 Å². The highest BCUT2D eigenvalue weighted by Crippen LogP contribution is 2.40. The monoisotopic (exact) mass is 485 g/mol. The number of hydrogen-bond donors (Lipinski definition) is 0. The zero-order valence-electron chi connectivity index (χ0n) is 19.6. The number of halogens is 1. The molecule has 0 N–H and O–H groups in total. The molecule has 5 rings (SSSR count). The molecule has 35 heavy (non-hydrogen) atoms. The van der Waals surface area contributed by atoms with E-state index in [1.807, 2.05) is 65.6 Å². The van der Waals surface area contributed by atoms with Crippen molar-refractivity contribution in [3.8, 4) is 0 Å². The van der Waals surface area contributed by atoms with Gasteiger partial charge in [-0.2, -0.15) is 4.80 Å². The van der Waals surface area contributed by atoms with Gasteiger partial charge in [-0.3, -0.25) is 4.79 Å². The number of nitrogens with zero attached hydrogens (tertiary/aromatic N) is 5. The summed E-state index contributed by atoms with van der Waals surface area (Å²) in [4.78, 5) is 16.6. The first-order valence-electron chi connectivity index (χ1n) is 12.0. The Morgan fingerprint density at radius 1 is 0.857 bits per heavy atom. The largest absolute Gasteiger partial charge is 0.343 e. The Balaban J connectivity index is 1.31. The van der Waals surface area contributed by atoms with Gasteiger partial charge < -0.3 is 4.90 Å². The molecule has 1 aliphatic rings. The van der Waals surface area contributed by atoms with Gasteiger partial charge in [-0.25, -0.2) is 0 Å². The quantitative estimate of drug-likeness (QED) is 0.373. The maximum Gasteiger partial charge on any atom is 0.222 e. The third-order valence-electron chi connectivity index (χ3n) is 6.88. The number of aromatic nitrogens is 4. The molecule has 0 unspecified atom stereocenters. The first-order valence-corrected chi connectivity index (χ1v) is 12.4. The Bertz CT molecular complexity index is 1250. The molecule has 0 aliphatic carbocycles. The van der Waals surface area contributed by atoms with E-state index in [-0.39, 0.29) is 11.3 Å². The number of amides is 1. The molecule has 6 nitrogen and oxygen atoms in total. The van der Waals surface area contributed by atoms with Crippen molar-refractivity contribution >= 4 is 17.5 Å². The highest BCUT2D eigenvalue weighted by molar-refractivity contribution is 6.30. The molecule has 1 fully saturated rings. The van der Waals surface area contributed by atoms with Crippen LogP contribution in [0.2, 0.25) is 5.02 Å². The molecule has 0 atom stereocenters. The van der Waals surface area contributed by atoms with E-state index in [0.29, 0.717) is 36.9 Å². The van der Waals surface area contributed by atoms with Crippen LogP contribution in [-0.4, -0.2) is 44.1 Å². The maximum absolute atomic E-state index is 13.0. The van der Waals surface area contributed by atoms with Gasteiger partial charge in [-0.05, 0) is 53.3 Å². The van der Waals surface area contributed by atoms with Crippen LogP contribution in [0, 0.1) is 0 Å². The van der Waals surface area contributed by atoms with Crippen molar-refractivity contribution in [3.05, 3.63) is 112 Å². The van der Waals surface area contributed by atoms with Gasteiger partial charge in [0.2, 0.25) is 5.91 Å². The highest BCUT2D eigenvalue weighted by atomic mass is 35.5. The fourth-order valence-corrected chi connectivity index (χ4v) is 4.97. The third kappa shape index (κ3) is 5.28. The summed E-state index contributed by atoms with van der Waals surface area (Å²) in [7, 11) is 0. The van der Waals surface area contributed by atoms with Crippen molar-refractivity contribution in [3.63, 3.8) is 0 Å². The van der Waals surface area contributed by atoms with Gasteiger partial charge in [0.15, 0.2) is 5.82 Å². The molecule has 7 heteroatoms. The van der Waals surface area contributed by atoms with Crippen LogP contribution in [0.4, 0.5) is 0 Å². The van der Waals surface area contributed by atoms with E-state index in [1.165, 1.54) is 11.1 Å². The third-order valence-corrected chi connectivity index (χ3v) is 7.14. The number of aryl methyl sites for hydroxylation is 1. The molecule has 0 radical (unpaired) electrons. The van der Waals surface area contributed by atoms with E-state index in [2.05, 4.69) is 34.6 Å². The Hall–Kier alpha value is -3.51. The number of piperidine rings is 1. The van der Waals surface area contributed by atoms with Gasteiger partial charge in [-0.1, -0.05) is 84.4 Å². The summed E-state index contributed by atoms with van der Waals surface area (Å²) in [5.41, 5.74) is 3.06. The van der Waals surface area contributed by atoms with Crippen LogP contribution < -0.4 is 0 Å². The molecule has 1 aromatic heterocycles. The molecule has 0 bridgehead atoms. The van der Waals surface area contributed by atoms with Crippen molar-refractivity contribution in [2.75, 3.05) is 13.1 Å². The van der Waals surface area contributed by atoms with Crippen molar-refractivity contribution in [1.29, 1.82) is 0 Å². The van der Waals surface area contributed by atoms with Gasteiger partial charge in [0, 0.05) is 24.5 Å². The highest BCUT2D eigenvalue weighted by Gasteiger charge is 2.42. The maximum atomic E-state index is 13.0. The fraction of sp³-hybridized carbons (Fsp3) is 0.286. The molecule has 2 heterocycles. The predicted octanol–water partition coefficient (Wildman–Crippen LogP) is 4.92. The molecule has 4 aromatic rings. The molecule has 1 amide bonds. The Kier molecular flexibility index (Phi) is 6.91. The lowest BCUT2D eigenvalue weighted by Crippen LogP contribution is -2.46. The van der Waals surface area contributed by atoms with E-state index in [4.69, 9.17) is 16.7 Å². The van der Waals surface area contributed by atoms with E-state index in [1.54, 1.807) is 4.80 Å². The predicted molar refractivity (Wildman–Crippen MR) is 136 cm³/mol. The summed E-state index contributed by atoms with van der Waals surface area (Å²) in [5, 5.41) is 14.4. The lowest BCUT2D eigenvalue weighted by Gasteiger charge is -2.40. The summed E-state index contributed by atoms with van der Waals surface area (Å²) in [6.07, 6.45) is 2.82. The van der Waals surface area contributed by atoms with Crippen LogP contribution in [0.5, 0.6) is 0 Å². The normalized spacial score (nSPS) is 15.2. The number of carbonyl (C=O) groups is 1. The van der Waals surface area contributed by atoms with E-state index >= 15 is 0 Å². The first kappa shape index (κ1) is 23.2. The Labute approximate surface area is 210 Å². The average molecular weight is 486 g/mol. The second-order valence-corrected chi connectivity index (χ2v) is 9.52. The minimum Gasteiger partial charge on any atom is -0.343 e. The van der Waals surface area contributed by atoms with Gasteiger partial charge in [-0.15, -0.1) is 10.2 Å². The number of rotatable bonds is 7. The number of benzene rings is 3. The van der Waals surface area contributed by atoms with Gasteiger partial charge in [0.1, 0.15) is 0 Å². The summed E-state index contributed by atoms with van der Waals surface area (Å²) in [6, 6.07) is 28.2. The molecular weight excluding hydrogens is 458 g/mol. The summed E-state index contributed by atoms with van der Waals surface area (Å²) in [5.74, 6) is 0.920. The molecule has 3 aromatic carbocycles. The summed E-state index contributed by atoms with van der Waals surface area (Å²) in [6.45, 7) is 1.88. The smallest absolute Gasteiger partial charge is 0.222 e. The number of likely N-dealkylation sites (tertiary alicyclic amines) is 1.